The molecular weight excluding hydrogens is 212 g/mol. The van der Waals surface area contributed by atoms with Crippen molar-refractivity contribution in [2.24, 2.45) is 0 Å². The van der Waals surface area contributed by atoms with Gasteiger partial charge in [-0.15, -0.1) is 11.6 Å². The Balaban J connectivity index is 2.43. The van der Waals surface area contributed by atoms with Crippen LogP contribution in [0.15, 0.2) is 0 Å². The van der Waals surface area contributed by atoms with Gasteiger partial charge >= 0.3 is 0 Å². The number of hydrogen-bond donors (Lipinski definition) is 0. The summed E-state index contributed by atoms with van der Waals surface area (Å²) in [6.07, 6.45) is 1.39. The van der Waals surface area contributed by atoms with Crippen molar-refractivity contribution in [1.29, 1.82) is 0 Å². The molecule has 0 nitrogen and oxygen atoms in total. The smallest absolute Gasteiger partial charge is 0.0901 e. The Bertz CT molecular complexity index is 124. The maximum absolute atomic E-state index is 5.96. The van der Waals surface area contributed by atoms with E-state index in [4.69, 9.17) is 11.6 Å². The highest BCUT2D eigenvalue weighted by molar-refractivity contribution is 8.20. The Labute approximate surface area is 83.9 Å². The summed E-state index contributed by atoms with van der Waals surface area (Å²) in [7, 11) is -1.09. The van der Waals surface area contributed by atoms with Crippen LogP contribution in [0.5, 0.6) is 0 Å². The molecule has 1 fully saturated rings. The molecule has 0 spiro atoms. The third-order valence-electron chi connectivity index (χ3n) is 1.81. The van der Waals surface area contributed by atoms with E-state index in [1.165, 1.54) is 17.9 Å². The van der Waals surface area contributed by atoms with Crippen molar-refractivity contribution < 1.29 is 0 Å². The fraction of sp³-hybridized carbons (Fsp3) is 1.00. The van der Waals surface area contributed by atoms with Gasteiger partial charge in [0.1, 0.15) is 0 Å². The van der Waals surface area contributed by atoms with E-state index in [9.17, 15) is 0 Å². The van der Waals surface area contributed by atoms with Gasteiger partial charge in [0.15, 0.2) is 0 Å². The van der Waals surface area contributed by atoms with Crippen molar-refractivity contribution in [2.45, 2.75) is 23.7 Å². The molecule has 0 aliphatic carbocycles. The minimum Gasteiger partial charge on any atom is -0.151 e. The zero-order valence-electron chi connectivity index (χ0n) is 7.10. The first-order valence-electron chi connectivity index (χ1n) is 3.96. The lowest BCUT2D eigenvalue weighted by Crippen LogP contribution is -2.41. The molecule has 0 aromatic carbocycles. The molecule has 11 heavy (non-hydrogen) atoms. The lowest BCUT2D eigenvalue weighted by atomic mass is 10.6. The molecule has 1 aliphatic heterocycles. The van der Waals surface area contributed by atoms with E-state index < -0.39 is 8.07 Å². The van der Waals surface area contributed by atoms with Gasteiger partial charge in [0.2, 0.25) is 0 Å². The van der Waals surface area contributed by atoms with Gasteiger partial charge in [0, 0.05) is 9.71 Å². The van der Waals surface area contributed by atoms with E-state index in [-0.39, 0.29) is 0 Å². The summed E-state index contributed by atoms with van der Waals surface area (Å²) in [6.45, 7) is 4.80. The Morgan fingerprint density at radius 2 is 1.91 bits per heavy atom. The van der Waals surface area contributed by atoms with Gasteiger partial charge in [0.25, 0.3) is 0 Å². The van der Waals surface area contributed by atoms with Crippen molar-refractivity contribution in [1.82, 2.24) is 0 Å². The van der Waals surface area contributed by atoms with Crippen molar-refractivity contribution in [2.75, 3.05) is 17.0 Å². The molecule has 0 bridgehead atoms. The molecule has 0 amide bonds. The van der Waals surface area contributed by atoms with Gasteiger partial charge in [-0.2, -0.15) is 23.5 Å². The van der Waals surface area contributed by atoms with E-state index in [1.54, 1.807) is 0 Å². The number of halogens is 1. The van der Waals surface area contributed by atoms with Crippen LogP contribution in [-0.2, 0) is 0 Å². The Kier molecular flexibility index (Phi) is 4.16. The Hall–Kier alpha value is 1.21. The number of thioether (sulfide) groups is 2. The molecule has 0 atom stereocenters. The summed E-state index contributed by atoms with van der Waals surface area (Å²) < 4.78 is 0.855. The van der Waals surface area contributed by atoms with Crippen LogP contribution in [0.4, 0.5) is 0 Å². The fourth-order valence-electron chi connectivity index (χ4n) is 1.00. The summed E-state index contributed by atoms with van der Waals surface area (Å²) >= 11 is 10.2. The maximum atomic E-state index is 5.96. The second kappa shape index (κ2) is 4.45. The van der Waals surface area contributed by atoms with Crippen molar-refractivity contribution in [3.8, 4) is 0 Å². The predicted octanol–water partition coefficient (Wildman–Crippen LogP) is 3.21. The van der Waals surface area contributed by atoms with E-state index in [0.717, 1.165) is 9.71 Å². The van der Waals surface area contributed by atoms with Crippen molar-refractivity contribution >= 4 is 43.2 Å². The molecule has 1 rings (SSSR count). The molecule has 1 heterocycles. The number of rotatable bonds is 2. The van der Waals surface area contributed by atoms with Crippen LogP contribution >= 0.6 is 35.1 Å². The van der Waals surface area contributed by atoms with E-state index in [2.05, 4.69) is 36.6 Å². The van der Waals surface area contributed by atoms with Gasteiger partial charge in [-0.05, 0) is 17.9 Å². The Morgan fingerprint density at radius 3 is 2.36 bits per heavy atom. The van der Waals surface area contributed by atoms with Gasteiger partial charge in [0.05, 0.1) is 8.07 Å². The molecule has 66 valence electrons. The largest absolute Gasteiger partial charge is 0.151 e. The van der Waals surface area contributed by atoms with Crippen LogP contribution in [0.2, 0.25) is 13.1 Å². The first kappa shape index (κ1) is 10.3. The summed E-state index contributed by atoms with van der Waals surface area (Å²) in [4.78, 5) is 0. The molecule has 0 aromatic rings. The zero-order valence-corrected chi connectivity index (χ0v) is 10.5. The molecule has 0 saturated carbocycles. The highest BCUT2D eigenvalue weighted by Gasteiger charge is 2.32. The van der Waals surface area contributed by atoms with Gasteiger partial charge < -0.3 is 0 Å². The molecule has 1 aliphatic rings. The van der Waals surface area contributed by atoms with Crippen LogP contribution in [0.3, 0.4) is 0 Å². The molecule has 0 N–H and O–H groups in total. The Morgan fingerprint density at radius 1 is 1.36 bits per heavy atom. The zero-order chi connectivity index (χ0) is 8.32. The molecular formula is C7H15ClS2Si. The number of alkyl halides is 1. The van der Waals surface area contributed by atoms with Gasteiger partial charge in [-0.3, -0.25) is 0 Å². The third-order valence-corrected chi connectivity index (χ3v) is 13.1. The number of hydrogen-bond acceptors (Lipinski definition) is 2. The molecule has 1 saturated heterocycles. The predicted molar refractivity (Wildman–Crippen MR) is 61.5 cm³/mol. The highest BCUT2D eigenvalue weighted by Crippen LogP contribution is 2.37. The lowest BCUT2D eigenvalue weighted by molar-refractivity contribution is 1.11. The van der Waals surface area contributed by atoms with Crippen molar-refractivity contribution in [3.63, 3.8) is 0 Å². The first-order chi connectivity index (χ1) is 5.17. The quantitative estimate of drug-likeness (QED) is 0.524. The minimum atomic E-state index is -1.09. The van der Waals surface area contributed by atoms with Crippen LogP contribution in [0.1, 0.15) is 6.42 Å². The molecule has 0 unspecified atom stereocenters. The summed E-state index contributed by atoms with van der Waals surface area (Å²) in [5.74, 6) is 2.70. The van der Waals surface area contributed by atoms with E-state index in [1.807, 2.05) is 0 Å². The maximum Gasteiger partial charge on any atom is 0.0901 e. The first-order valence-corrected chi connectivity index (χ1v) is 9.87. The van der Waals surface area contributed by atoms with Crippen LogP contribution in [0.25, 0.3) is 0 Å². The molecule has 0 aromatic heterocycles. The monoisotopic (exact) mass is 226 g/mol. The third kappa shape index (κ3) is 2.87. The minimum absolute atomic E-state index is 0.855. The van der Waals surface area contributed by atoms with Gasteiger partial charge in [-0.25, -0.2) is 0 Å². The topological polar surface area (TPSA) is 0 Å². The van der Waals surface area contributed by atoms with Crippen LogP contribution in [-0.4, -0.2) is 29.3 Å². The molecule has 4 heteroatoms. The second-order valence-electron chi connectivity index (χ2n) is 3.55. The SMILES string of the molecule is C[Si](C)(CCl)C1SCCCS1. The standard InChI is InChI=1S/C7H15ClS2Si/c1-11(2,6-8)7-9-4-3-5-10-7/h7H,3-6H2,1-2H3. The highest BCUT2D eigenvalue weighted by atomic mass is 35.5. The van der Waals surface area contributed by atoms with E-state index >= 15 is 0 Å². The summed E-state index contributed by atoms with van der Waals surface area (Å²) in [6, 6.07) is 0. The fourth-order valence-corrected chi connectivity index (χ4v) is 9.15. The average Bonchev–Trinajstić information content (AvgIpc) is 2.06. The summed E-state index contributed by atoms with van der Waals surface area (Å²) in [5.41, 5.74) is 0.914. The van der Waals surface area contributed by atoms with E-state index in [0.29, 0.717) is 0 Å². The van der Waals surface area contributed by atoms with Crippen LogP contribution < -0.4 is 0 Å². The van der Waals surface area contributed by atoms with Crippen LogP contribution in [0, 0.1) is 0 Å². The van der Waals surface area contributed by atoms with Gasteiger partial charge in [-0.1, -0.05) is 13.1 Å². The molecule has 0 radical (unpaired) electrons. The normalized spacial score (nSPS) is 22.1. The summed E-state index contributed by atoms with van der Waals surface area (Å²) in [5, 5.41) is 0. The second-order valence-corrected chi connectivity index (χ2v) is 12.7. The lowest BCUT2D eigenvalue weighted by Gasteiger charge is -2.32. The van der Waals surface area contributed by atoms with Crippen molar-refractivity contribution in [3.05, 3.63) is 0 Å². The average molecular weight is 227 g/mol.